The molecule has 90 valence electrons. The van der Waals surface area contributed by atoms with Gasteiger partial charge in [0, 0.05) is 10.9 Å². The van der Waals surface area contributed by atoms with Crippen LogP contribution in [0.3, 0.4) is 0 Å². The third-order valence-electron chi connectivity index (χ3n) is 1.87. The molecule has 0 aliphatic carbocycles. The van der Waals surface area contributed by atoms with Gasteiger partial charge in [-0.15, -0.1) is 10.2 Å². The van der Waals surface area contributed by atoms with Crippen LogP contribution < -0.4 is 0 Å². The summed E-state index contributed by atoms with van der Waals surface area (Å²) in [6, 6.07) is 1.90. The van der Waals surface area contributed by atoms with Crippen molar-refractivity contribution in [2.24, 2.45) is 0 Å². The Hall–Kier alpha value is -1.76. The second-order valence-electron chi connectivity index (χ2n) is 3.69. The Bertz CT molecular complexity index is 492. The van der Waals surface area contributed by atoms with E-state index in [9.17, 15) is 4.79 Å². The maximum absolute atomic E-state index is 11.4. The third kappa shape index (κ3) is 3.10. The number of esters is 1. The molecular weight excluding hydrogens is 240 g/mol. The highest BCUT2D eigenvalue weighted by Gasteiger charge is 2.11. The zero-order chi connectivity index (χ0) is 12.3. The normalized spacial score (nSPS) is 10.8. The summed E-state index contributed by atoms with van der Waals surface area (Å²) in [6.07, 6.45) is -0.137. The van der Waals surface area contributed by atoms with E-state index in [1.807, 2.05) is 16.8 Å². The van der Waals surface area contributed by atoms with Crippen molar-refractivity contribution in [3.05, 3.63) is 16.8 Å². The van der Waals surface area contributed by atoms with Crippen molar-refractivity contribution < 1.29 is 9.53 Å². The molecule has 0 N–H and O–H groups in total. The Morgan fingerprint density at radius 1 is 1.59 bits per heavy atom. The maximum Gasteiger partial charge on any atom is 0.329 e. The summed E-state index contributed by atoms with van der Waals surface area (Å²) in [7, 11) is 0. The Kier molecular flexibility index (Phi) is 3.48. The molecule has 0 aromatic carbocycles. The Morgan fingerprint density at radius 2 is 2.41 bits per heavy atom. The van der Waals surface area contributed by atoms with Crippen LogP contribution in [0, 0.1) is 0 Å². The molecule has 0 saturated carbocycles. The summed E-state index contributed by atoms with van der Waals surface area (Å²) < 4.78 is 4.99. The van der Waals surface area contributed by atoms with E-state index in [-0.39, 0.29) is 18.6 Å². The van der Waals surface area contributed by atoms with Gasteiger partial charge in [0.05, 0.1) is 6.10 Å². The molecule has 17 heavy (non-hydrogen) atoms. The van der Waals surface area contributed by atoms with E-state index in [2.05, 4.69) is 15.4 Å². The van der Waals surface area contributed by atoms with Gasteiger partial charge in [0.1, 0.15) is 0 Å². The molecule has 0 unspecified atom stereocenters. The standard InChI is InChI=1S/C10H12N4O2S/c1-7(2)16-9(15)5-14-12-10(11-13-14)8-3-4-17-6-8/h3-4,6-7H,5H2,1-2H3. The van der Waals surface area contributed by atoms with Crippen molar-refractivity contribution in [1.29, 1.82) is 0 Å². The van der Waals surface area contributed by atoms with Crippen LogP contribution in [0.5, 0.6) is 0 Å². The Labute approximate surface area is 102 Å². The van der Waals surface area contributed by atoms with Gasteiger partial charge in [-0.05, 0) is 30.5 Å². The first-order chi connectivity index (χ1) is 8.15. The zero-order valence-electron chi connectivity index (χ0n) is 9.53. The molecule has 2 aromatic heterocycles. The largest absolute Gasteiger partial charge is 0.462 e. The van der Waals surface area contributed by atoms with Crippen molar-refractivity contribution in [3.63, 3.8) is 0 Å². The molecule has 7 heteroatoms. The van der Waals surface area contributed by atoms with Crippen LogP contribution >= 0.6 is 11.3 Å². The summed E-state index contributed by atoms with van der Waals surface area (Å²) >= 11 is 1.56. The van der Waals surface area contributed by atoms with Crippen molar-refractivity contribution in [3.8, 4) is 11.4 Å². The minimum absolute atomic E-state index is 0.0185. The molecule has 0 aliphatic rings. The summed E-state index contributed by atoms with van der Waals surface area (Å²) in [5.74, 6) is 0.151. The topological polar surface area (TPSA) is 69.9 Å². The minimum Gasteiger partial charge on any atom is -0.462 e. The molecule has 0 bridgehead atoms. The van der Waals surface area contributed by atoms with E-state index >= 15 is 0 Å². The fourth-order valence-corrected chi connectivity index (χ4v) is 1.87. The average molecular weight is 252 g/mol. The number of ether oxygens (including phenoxy) is 1. The molecular formula is C10H12N4O2S. The number of thiophene rings is 1. The highest BCUT2D eigenvalue weighted by Crippen LogP contribution is 2.16. The smallest absolute Gasteiger partial charge is 0.329 e. The second-order valence-corrected chi connectivity index (χ2v) is 4.47. The van der Waals surface area contributed by atoms with Gasteiger partial charge in [-0.1, -0.05) is 0 Å². The van der Waals surface area contributed by atoms with E-state index in [1.165, 1.54) is 4.80 Å². The average Bonchev–Trinajstić information content (AvgIpc) is 2.84. The number of rotatable bonds is 4. The molecule has 0 atom stereocenters. The van der Waals surface area contributed by atoms with Gasteiger partial charge in [0.25, 0.3) is 0 Å². The van der Waals surface area contributed by atoms with Crippen molar-refractivity contribution in [2.75, 3.05) is 0 Å². The molecule has 2 heterocycles. The second kappa shape index (κ2) is 5.05. The van der Waals surface area contributed by atoms with Gasteiger partial charge in [0.15, 0.2) is 6.54 Å². The van der Waals surface area contributed by atoms with Crippen LogP contribution in [0.1, 0.15) is 13.8 Å². The van der Waals surface area contributed by atoms with E-state index < -0.39 is 0 Å². The van der Waals surface area contributed by atoms with E-state index in [0.29, 0.717) is 5.82 Å². The zero-order valence-corrected chi connectivity index (χ0v) is 10.3. The molecule has 2 aromatic rings. The third-order valence-corrected chi connectivity index (χ3v) is 2.55. The molecule has 0 amide bonds. The molecule has 2 rings (SSSR count). The summed E-state index contributed by atoms with van der Waals surface area (Å²) in [6.45, 7) is 3.57. The number of tetrazole rings is 1. The van der Waals surface area contributed by atoms with Gasteiger partial charge in [-0.25, -0.2) is 4.79 Å². The molecule has 0 fully saturated rings. The van der Waals surface area contributed by atoms with Crippen LogP contribution in [0.15, 0.2) is 16.8 Å². The van der Waals surface area contributed by atoms with Gasteiger partial charge in [0.2, 0.25) is 5.82 Å². The number of carbonyl (C=O) groups is 1. The molecule has 0 radical (unpaired) electrons. The molecule has 0 saturated heterocycles. The summed E-state index contributed by atoms with van der Waals surface area (Å²) in [5.41, 5.74) is 0.901. The maximum atomic E-state index is 11.4. The van der Waals surface area contributed by atoms with E-state index in [1.54, 1.807) is 25.2 Å². The van der Waals surface area contributed by atoms with E-state index in [0.717, 1.165) is 5.56 Å². The highest BCUT2D eigenvalue weighted by molar-refractivity contribution is 7.08. The van der Waals surface area contributed by atoms with E-state index in [4.69, 9.17) is 4.74 Å². The monoisotopic (exact) mass is 252 g/mol. The SMILES string of the molecule is CC(C)OC(=O)Cn1nnc(-c2ccsc2)n1. The van der Waals surface area contributed by atoms with Crippen LogP contribution in [0.2, 0.25) is 0 Å². The predicted octanol–water partition coefficient (Wildman–Crippen LogP) is 1.35. The summed E-state index contributed by atoms with van der Waals surface area (Å²) in [5, 5.41) is 15.6. The van der Waals surface area contributed by atoms with Gasteiger partial charge >= 0.3 is 5.97 Å². The minimum atomic E-state index is -0.366. The van der Waals surface area contributed by atoms with Crippen LogP contribution in [-0.2, 0) is 16.1 Å². The lowest BCUT2D eigenvalue weighted by molar-refractivity contribution is -0.148. The van der Waals surface area contributed by atoms with Crippen LogP contribution in [-0.4, -0.2) is 32.3 Å². The van der Waals surface area contributed by atoms with Gasteiger partial charge in [-0.3, -0.25) is 0 Å². The van der Waals surface area contributed by atoms with Crippen molar-refractivity contribution in [2.45, 2.75) is 26.5 Å². The molecule has 0 aliphatic heterocycles. The lowest BCUT2D eigenvalue weighted by Gasteiger charge is -2.06. The predicted molar refractivity (Wildman–Crippen MR) is 62.4 cm³/mol. The van der Waals surface area contributed by atoms with Crippen LogP contribution in [0.25, 0.3) is 11.4 Å². The molecule has 0 spiro atoms. The van der Waals surface area contributed by atoms with Crippen LogP contribution in [0.4, 0.5) is 0 Å². The number of hydrogen-bond donors (Lipinski definition) is 0. The fraction of sp³-hybridized carbons (Fsp3) is 0.400. The number of aromatic nitrogens is 4. The van der Waals surface area contributed by atoms with Gasteiger partial charge in [-0.2, -0.15) is 16.1 Å². The number of hydrogen-bond acceptors (Lipinski definition) is 6. The van der Waals surface area contributed by atoms with Crippen molar-refractivity contribution in [1.82, 2.24) is 20.2 Å². The summed E-state index contributed by atoms with van der Waals surface area (Å²) in [4.78, 5) is 12.6. The Balaban J connectivity index is 2.02. The number of carbonyl (C=O) groups excluding carboxylic acids is 1. The Morgan fingerprint density at radius 3 is 3.06 bits per heavy atom. The lowest BCUT2D eigenvalue weighted by atomic mass is 10.3. The highest BCUT2D eigenvalue weighted by atomic mass is 32.1. The quantitative estimate of drug-likeness (QED) is 0.768. The fourth-order valence-electron chi connectivity index (χ4n) is 1.23. The number of nitrogens with zero attached hydrogens (tertiary/aromatic N) is 4. The van der Waals surface area contributed by atoms with Crippen molar-refractivity contribution >= 4 is 17.3 Å². The van der Waals surface area contributed by atoms with Gasteiger partial charge < -0.3 is 4.74 Å². The molecule has 6 nitrogen and oxygen atoms in total. The first-order valence-electron chi connectivity index (χ1n) is 5.15. The first kappa shape index (κ1) is 11.7. The first-order valence-corrected chi connectivity index (χ1v) is 6.09. The lowest BCUT2D eigenvalue weighted by Crippen LogP contribution is -2.19.